The first-order chi connectivity index (χ1) is 4.61. The van der Waals surface area contributed by atoms with Crippen LogP contribution in [0.3, 0.4) is 0 Å². The highest BCUT2D eigenvalue weighted by Gasteiger charge is 2.29. The number of rotatable bonds is 1. The molecule has 0 aromatic heterocycles. The van der Waals surface area contributed by atoms with E-state index >= 15 is 0 Å². The molecular formula is C6H14N4. The highest BCUT2D eigenvalue weighted by Crippen LogP contribution is 2.16. The van der Waals surface area contributed by atoms with Gasteiger partial charge in [0.05, 0.1) is 0 Å². The minimum atomic E-state index is 0.164. The Morgan fingerprint density at radius 3 is 2.50 bits per heavy atom. The van der Waals surface area contributed by atoms with Gasteiger partial charge >= 0.3 is 0 Å². The van der Waals surface area contributed by atoms with Gasteiger partial charge in [0.2, 0.25) is 0 Å². The molecule has 1 atom stereocenters. The Hall–Kier alpha value is -0.770. The number of hydrogen-bond acceptors (Lipinski definition) is 2. The van der Waals surface area contributed by atoms with Crippen molar-refractivity contribution < 1.29 is 0 Å². The molecule has 5 N–H and O–H groups in total. The Labute approximate surface area is 60.7 Å². The van der Waals surface area contributed by atoms with Crippen molar-refractivity contribution in [2.45, 2.75) is 13.0 Å². The second-order valence-corrected chi connectivity index (χ2v) is 2.91. The van der Waals surface area contributed by atoms with E-state index in [1.807, 2.05) is 11.8 Å². The predicted octanol–water partition coefficient (Wildman–Crippen LogP) is -0.841. The molecule has 1 saturated heterocycles. The molecule has 1 aliphatic heterocycles. The van der Waals surface area contributed by atoms with Gasteiger partial charge in [0, 0.05) is 25.0 Å². The van der Waals surface area contributed by atoms with Crippen molar-refractivity contribution in [2.75, 3.05) is 13.1 Å². The number of likely N-dealkylation sites (tertiary alicyclic amines) is 1. The Morgan fingerprint density at radius 2 is 2.20 bits per heavy atom. The van der Waals surface area contributed by atoms with Crippen LogP contribution in [0, 0.1) is 11.3 Å². The smallest absolute Gasteiger partial charge is 0.188 e. The fourth-order valence-corrected chi connectivity index (χ4v) is 1.04. The van der Waals surface area contributed by atoms with Crippen LogP contribution in [-0.2, 0) is 0 Å². The molecule has 0 radical (unpaired) electrons. The van der Waals surface area contributed by atoms with Crippen LogP contribution in [-0.4, -0.2) is 30.0 Å². The molecule has 0 saturated carbocycles. The zero-order valence-electron chi connectivity index (χ0n) is 6.17. The average Bonchev–Trinajstić information content (AvgIpc) is 1.56. The zero-order valence-corrected chi connectivity index (χ0v) is 6.17. The lowest BCUT2D eigenvalue weighted by Gasteiger charge is -2.41. The summed E-state index contributed by atoms with van der Waals surface area (Å²) in [5.74, 6) is 0.695. The number of nitrogens with zero attached hydrogens (tertiary/aromatic N) is 1. The summed E-state index contributed by atoms with van der Waals surface area (Å²) in [7, 11) is 0. The fraction of sp³-hybridized carbons (Fsp3) is 0.833. The standard InChI is InChI=1S/C6H14N4/c1-4(7)5-2-10(3-5)6(8)9/h4-5H,2-3,7H2,1H3,(H3,8,9). The monoisotopic (exact) mass is 142 g/mol. The van der Waals surface area contributed by atoms with E-state index in [2.05, 4.69) is 0 Å². The quantitative estimate of drug-likeness (QED) is 0.330. The molecule has 4 heteroatoms. The lowest BCUT2D eigenvalue weighted by atomic mass is 9.94. The summed E-state index contributed by atoms with van der Waals surface area (Å²) in [5.41, 5.74) is 10.9. The summed E-state index contributed by atoms with van der Waals surface area (Å²) in [4.78, 5) is 1.81. The van der Waals surface area contributed by atoms with Crippen molar-refractivity contribution in [1.82, 2.24) is 4.90 Å². The van der Waals surface area contributed by atoms with E-state index in [9.17, 15) is 0 Å². The van der Waals surface area contributed by atoms with Gasteiger partial charge in [-0.3, -0.25) is 5.41 Å². The van der Waals surface area contributed by atoms with E-state index < -0.39 is 0 Å². The Bertz CT molecular complexity index is 137. The van der Waals surface area contributed by atoms with Crippen molar-refractivity contribution in [3.8, 4) is 0 Å². The minimum absolute atomic E-state index is 0.164. The van der Waals surface area contributed by atoms with E-state index in [4.69, 9.17) is 16.9 Å². The number of hydrogen-bond donors (Lipinski definition) is 3. The lowest BCUT2D eigenvalue weighted by Crippen LogP contribution is -2.57. The molecule has 0 amide bonds. The minimum Gasteiger partial charge on any atom is -0.370 e. The van der Waals surface area contributed by atoms with Gasteiger partial charge in [-0.05, 0) is 6.92 Å². The Balaban J connectivity index is 2.24. The molecule has 1 unspecified atom stereocenters. The number of guanidine groups is 1. The SMILES string of the molecule is CC(N)C1CN(C(=N)N)C1. The van der Waals surface area contributed by atoms with Crippen molar-refractivity contribution in [1.29, 1.82) is 5.41 Å². The summed E-state index contributed by atoms with van der Waals surface area (Å²) in [6, 6.07) is 0.232. The first-order valence-electron chi connectivity index (χ1n) is 3.46. The van der Waals surface area contributed by atoms with Gasteiger partial charge in [0.1, 0.15) is 0 Å². The van der Waals surface area contributed by atoms with Gasteiger partial charge in [0.15, 0.2) is 5.96 Å². The van der Waals surface area contributed by atoms with Gasteiger partial charge in [-0.2, -0.15) is 0 Å². The third-order valence-corrected chi connectivity index (χ3v) is 1.99. The van der Waals surface area contributed by atoms with Crippen LogP contribution in [0.25, 0.3) is 0 Å². The van der Waals surface area contributed by atoms with Gasteiger partial charge in [0.25, 0.3) is 0 Å². The number of nitrogens with one attached hydrogen (secondary N) is 1. The van der Waals surface area contributed by atoms with Gasteiger partial charge in [-0.15, -0.1) is 0 Å². The van der Waals surface area contributed by atoms with Crippen molar-refractivity contribution >= 4 is 5.96 Å². The highest BCUT2D eigenvalue weighted by molar-refractivity contribution is 5.75. The third kappa shape index (κ3) is 1.21. The molecule has 0 aromatic carbocycles. The van der Waals surface area contributed by atoms with Crippen LogP contribution in [0.15, 0.2) is 0 Å². The fourth-order valence-electron chi connectivity index (χ4n) is 1.04. The largest absolute Gasteiger partial charge is 0.370 e. The summed E-state index contributed by atoms with van der Waals surface area (Å²) < 4.78 is 0. The summed E-state index contributed by atoms with van der Waals surface area (Å²) >= 11 is 0. The molecule has 1 rings (SSSR count). The summed E-state index contributed by atoms with van der Waals surface area (Å²) in [6.45, 7) is 3.70. The van der Waals surface area contributed by atoms with Crippen LogP contribution < -0.4 is 11.5 Å². The maximum absolute atomic E-state index is 7.05. The van der Waals surface area contributed by atoms with Gasteiger partial charge < -0.3 is 16.4 Å². The van der Waals surface area contributed by atoms with Crippen LogP contribution in [0.2, 0.25) is 0 Å². The van der Waals surface area contributed by atoms with Gasteiger partial charge in [-0.1, -0.05) is 0 Å². The molecule has 1 heterocycles. The lowest BCUT2D eigenvalue weighted by molar-refractivity contribution is 0.162. The van der Waals surface area contributed by atoms with Crippen LogP contribution in [0.5, 0.6) is 0 Å². The highest BCUT2D eigenvalue weighted by atomic mass is 15.3. The van der Waals surface area contributed by atoms with Crippen LogP contribution >= 0.6 is 0 Å². The van der Waals surface area contributed by atoms with E-state index in [1.165, 1.54) is 0 Å². The second-order valence-electron chi connectivity index (χ2n) is 2.91. The molecule has 0 aliphatic carbocycles. The molecule has 10 heavy (non-hydrogen) atoms. The van der Waals surface area contributed by atoms with Gasteiger partial charge in [-0.25, -0.2) is 0 Å². The molecule has 0 bridgehead atoms. The molecule has 0 aromatic rings. The van der Waals surface area contributed by atoms with Crippen molar-refractivity contribution in [3.05, 3.63) is 0 Å². The maximum atomic E-state index is 7.05. The molecule has 4 nitrogen and oxygen atoms in total. The average molecular weight is 142 g/mol. The topological polar surface area (TPSA) is 79.1 Å². The van der Waals surface area contributed by atoms with E-state index in [1.54, 1.807) is 0 Å². The van der Waals surface area contributed by atoms with E-state index in [-0.39, 0.29) is 12.0 Å². The number of nitrogens with two attached hydrogens (primary N) is 2. The molecular weight excluding hydrogens is 128 g/mol. The van der Waals surface area contributed by atoms with Crippen molar-refractivity contribution in [2.24, 2.45) is 17.4 Å². The molecule has 1 aliphatic rings. The molecule has 58 valence electrons. The summed E-state index contributed by atoms with van der Waals surface area (Å²) in [6.07, 6.45) is 0. The van der Waals surface area contributed by atoms with E-state index in [0.717, 1.165) is 13.1 Å². The predicted molar refractivity (Wildman–Crippen MR) is 40.6 cm³/mol. The second kappa shape index (κ2) is 2.46. The zero-order chi connectivity index (χ0) is 7.72. The summed E-state index contributed by atoms with van der Waals surface area (Å²) in [5, 5.41) is 7.05. The first-order valence-corrected chi connectivity index (χ1v) is 3.46. The maximum Gasteiger partial charge on any atom is 0.188 e. The Morgan fingerprint density at radius 1 is 1.70 bits per heavy atom. The molecule has 1 fully saturated rings. The third-order valence-electron chi connectivity index (χ3n) is 1.99. The van der Waals surface area contributed by atoms with Crippen molar-refractivity contribution in [3.63, 3.8) is 0 Å². The Kier molecular flexibility index (Phi) is 1.80. The normalized spacial score (nSPS) is 22.0. The van der Waals surface area contributed by atoms with Crippen LogP contribution in [0.4, 0.5) is 0 Å². The van der Waals surface area contributed by atoms with E-state index in [0.29, 0.717) is 5.92 Å². The first kappa shape index (κ1) is 7.34. The molecule has 0 spiro atoms. The van der Waals surface area contributed by atoms with Crippen LogP contribution in [0.1, 0.15) is 6.92 Å².